The first kappa shape index (κ1) is 15.1. The minimum Gasteiger partial charge on any atom is -0.460 e. The van der Waals surface area contributed by atoms with Crippen molar-refractivity contribution in [2.75, 3.05) is 6.54 Å². The fourth-order valence-corrected chi connectivity index (χ4v) is 2.11. The average molecular weight is 274 g/mol. The Labute approximate surface area is 121 Å². The van der Waals surface area contributed by atoms with Crippen LogP contribution < -0.4 is 10.6 Å². The fraction of sp³-hybridized carbons (Fsp3) is 0.529. The number of rotatable bonds is 5. The second kappa shape index (κ2) is 5.98. The lowest BCUT2D eigenvalue weighted by atomic mass is 10.1. The number of benzene rings is 1. The summed E-state index contributed by atoms with van der Waals surface area (Å²) in [5.41, 5.74) is 2.39. The van der Waals surface area contributed by atoms with Crippen LogP contribution in [0.1, 0.15) is 39.0 Å². The van der Waals surface area contributed by atoms with E-state index in [1.807, 2.05) is 6.07 Å². The molecular weight excluding hydrogens is 248 g/mol. The van der Waals surface area contributed by atoms with Gasteiger partial charge in [-0.1, -0.05) is 11.6 Å². The monoisotopic (exact) mass is 274 g/mol. The van der Waals surface area contributed by atoms with E-state index in [9.17, 15) is 0 Å². The van der Waals surface area contributed by atoms with Crippen LogP contribution in [0.15, 0.2) is 28.7 Å². The highest BCUT2D eigenvalue weighted by Crippen LogP contribution is 2.20. The largest absolute Gasteiger partial charge is 0.460 e. The molecule has 1 aromatic carbocycles. The molecule has 0 spiro atoms. The summed E-state index contributed by atoms with van der Waals surface area (Å²) in [6.45, 7) is 12.5. The van der Waals surface area contributed by atoms with Gasteiger partial charge >= 0.3 is 0 Å². The summed E-state index contributed by atoms with van der Waals surface area (Å²) >= 11 is 0. The standard InChI is InChI=1S/C17H26N2O/c1-12-6-7-16-14(8-12)9-15(20-16)11-18-13(2)10-19-17(3,4)5/h6-9,13,18-19H,10-11H2,1-5H3. The highest BCUT2D eigenvalue weighted by atomic mass is 16.3. The van der Waals surface area contributed by atoms with Crippen molar-refractivity contribution in [2.45, 2.75) is 52.7 Å². The number of hydrogen-bond acceptors (Lipinski definition) is 3. The summed E-state index contributed by atoms with van der Waals surface area (Å²) in [4.78, 5) is 0. The van der Waals surface area contributed by atoms with Gasteiger partial charge in [0.1, 0.15) is 11.3 Å². The second-order valence-corrected chi connectivity index (χ2v) is 6.67. The zero-order valence-corrected chi connectivity index (χ0v) is 13.2. The van der Waals surface area contributed by atoms with Gasteiger partial charge in [0.2, 0.25) is 0 Å². The number of aryl methyl sites for hydroxylation is 1. The smallest absolute Gasteiger partial charge is 0.134 e. The van der Waals surface area contributed by atoms with Crippen LogP contribution in [0.25, 0.3) is 11.0 Å². The maximum Gasteiger partial charge on any atom is 0.134 e. The Morgan fingerprint density at radius 3 is 2.65 bits per heavy atom. The molecule has 1 heterocycles. The quantitative estimate of drug-likeness (QED) is 0.874. The molecule has 1 atom stereocenters. The number of furan rings is 1. The lowest BCUT2D eigenvalue weighted by Crippen LogP contribution is -2.44. The van der Waals surface area contributed by atoms with E-state index in [0.717, 1.165) is 24.4 Å². The molecular formula is C17H26N2O. The van der Waals surface area contributed by atoms with Crippen molar-refractivity contribution in [2.24, 2.45) is 0 Å². The van der Waals surface area contributed by atoms with Crippen LogP contribution in [0, 0.1) is 6.92 Å². The Morgan fingerprint density at radius 1 is 1.20 bits per heavy atom. The summed E-state index contributed by atoms with van der Waals surface area (Å²) in [5.74, 6) is 0.994. The molecule has 20 heavy (non-hydrogen) atoms. The predicted molar refractivity (Wildman–Crippen MR) is 85.0 cm³/mol. The number of nitrogens with one attached hydrogen (secondary N) is 2. The van der Waals surface area contributed by atoms with E-state index >= 15 is 0 Å². The molecule has 3 heteroatoms. The molecule has 1 unspecified atom stereocenters. The summed E-state index contributed by atoms with van der Waals surface area (Å²) in [7, 11) is 0. The molecule has 0 saturated carbocycles. The zero-order valence-electron chi connectivity index (χ0n) is 13.2. The minimum atomic E-state index is 0.160. The van der Waals surface area contributed by atoms with Crippen molar-refractivity contribution in [3.8, 4) is 0 Å². The van der Waals surface area contributed by atoms with Gasteiger partial charge in [-0.2, -0.15) is 0 Å². The number of hydrogen-bond donors (Lipinski definition) is 2. The second-order valence-electron chi connectivity index (χ2n) is 6.67. The van der Waals surface area contributed by atoms with Crippen molar-refractivity contribution < 1.29 is 4.42 Å². The van der Waals surface area contributed by atoms with Crippen LogP contribution in [0.3, 0.4) is 0 Å². The van der Waals surface area contributed by atoms with E-state index in [4.69, 9.17) is 4.42 Å². The Hall–Kier alpha value is -1.32. The van der Waals surface area contributed by atoms with E-state index in [-0.39, 0.29) is 5.54 Å². The predicted octanol–water partition coefficient (Wildman–Crippen LogP) is 3.61. The van der Waals surface area contributed by atoms with Gasteiger partial charge in [0.15, 0.2) is 0 Å². The minimum absolute atomic E-state index is 0.160. The first-order chi connectivity index (χ1) is 9.33. The van der Waals surface area contributed by atoms with Gasteiger partial charge in [0, 0.05) is 23.5 Å². The Kier molecular flexibility index (Phi) is 4.51. The highest BCUT2D eigenvalue weighted by molar-refractivity contribution is 5.78. The van der Waals surface area contributed by atoms with Gasteiger partial charge in [-0.05, 0) is 52.8 Å². The molecule has 0 bridgehead atoms. The molecule has 0 aliphatic heterocycles. The van der Waals surface area contributed by atoms with Crippen LogP contribution in [0.5, 0.6) is 0 Å². The Balaban J connectivity index is 1.89. The lowest BCUT2D eigenvalue weighted by Gasteiger charge is -2.23. The third-order valence-electron chi connectivity index (χ3n) is 3.29. The number of fused-ring (bicyclic) bond motifs is 1. The summed E-state index contributed by atoms with van der Waals surface area (Å²) in [6.07, 6.45) is 0. The molecule has 110 valence electrons. The fourth-order valence-electron chi connectivity index (χ4n) is 2.11. The van der Waals surface area contributed by atoms with Gasteiger partial charge in [0.25, 0.3) is 0 Å². The van der Waals surface area contributed by atoms with Gasteiger partial charge in [0.05, 0.1) is 6.54 Å². The topological polar surface area (TPSA) is 37.2 Å². The van der Waals surface area contributed by atoms with Crippen LogP contribution in [0.4, 0.5) is 0 Å². The highest BCUT2D eigenvalue weighted by Gasteiger charge is 2.11. The van der Waals surface area contributed by atoms with Crippen molar-refractivity contribution in [1.29, 1.82) is 0 Å². The summed E-state index contributed by atoms with van der Waals surface area (Å²) in [6, 6.07) is 8.81. The SMILES string of the molecule is Cc1ccc2oc(CNC(C)CNC(C)(C)C)cc2c1. The molecule has 2 N–H and O–H groups in total. The molecule has 0 radical (unpaired) electrons. The van der Waals surface area contributed by atoms with Gasteiger partial charge in [-0.25, -0.2) is 0 Å². The van der Waals surface area contributed by atoms with Gasteiger partial charge in [-0.3, -0.25) is 0 Å². The molecule has 0 aliphatic rings. The maximum absolute atomic E-state index is 5.84. The third-order valence-corrected chi connectivity index (χ3v) is 3.29. The third kappa shape index (κ3) is 4.36. The van der Waals surface area contributed by atoms with Crippen LogP contribution in [0.2, 0.25) is 0 Å². The molecule has 0 fully saturated rings. The van der Waals surface area contributed by atoms with Crippen LogP contribution >= 0.6 is 0 Å². The van der Waals surface area contributed by atoms with E-state index in [0.29, 0.717) is 6.04 Å². The van der Waals surface area contributed by atoms with E-state index in [1.54, 1.807) is 0 Å². The Morgan fingerprint density at radius 2 is 1.95 bits per heavy atom. The first-order valence-corrected chi connectivity index (χ1v) is 7.31. The molecule has 2 rings (SSSR count). The Bertz CT molecular complexity index is 566. The molecule has 1 aromatic heterocycles. The van der Waals surface area contributed by atoms with Gasteiger partial charge in [-0.15, -0.1) is 0 Å². The molecule has 0 amide bonds. The van der Waals surface area contributed by atoms with Crippen molar-refractivity contribution in [1.82, 2.24) is 10.6 Å². The summed E-state index contributed by atoms with van der Waals surface area (Å²) < 4.78 is 5.84. The lowest BCUT2D eigenvalue weighted by molar-refractivity contribution is 0.380. The van der Waals surface area contributed by atoms with Crippen molar-refractivity contribution in [3.63, 3.8) is 0 Å². The molecule has 2 aromatic rings. The van der Waals surface area contributed by atoms with E-state index in [1.165, 1.54) is 10.9 Å². The van der Waals surface area contributed by atoms with Gasteiger partial charge < -0.3 is 15.1 Å². The normalized spacial score (nSPS) is 13.8. The summed E-state index contributed by atoms with van der Waals surface area (Å²) in [5, 5.41) is 8.17. The molecule has 0 aliphatic carbocycles. The van der Waals surface area contributed by atoms with E-state index in [2.05, 4.69) is 63.5 Å². The van der Waals surface area contributed by atoms with Crippen LogP contribution in [-0.2, 0) is 6.54 Å². The maximum atomic E-state index is 5.84. The van der Waals surface area contributed by atoms with Crippen molar-refractivity contribution in [3.05, 3.63) is 35.6 Å². The molecule has 3 nitrogen and oxygen atoms in total. The van der Waals surface area contributed by atoms with Crippen LogP contribution in [-0.4, -0.2) is 18.1 Å². The zero-order chi connectivity index (χ0) is 14.8. The average Bonchev–Trinajstić information content (AvgIpc) is 2.75. The van der Waals surface area contributed by atoms with E-state index < -0.39 is 0 Å². The molecule has 0 saturated heterocycles. The first-order valence-electron chi connectivity index (χ1n) is 7.31. The van der Waals surface area contributed by atoms with Crippen molar-refractivity contribution >= 4 is 11.0 Å².